The molecule has 1 aliphatic heterocycles. The minimum atomic E-state index is -3.85. The lowest BCUT2D eigenvalue weighted by atomic mass is 10.3. The Morgan fingerprint density at radius 3 is 2.29 bits per heavy atom. The van der Waals surface area contributed by atoms with Crippen molar-refractivity contribution in [3.63, 3.8) is 0 Å². The number of sulfonamides is 1. The zero-order valence-electron chi connectivity index (χ0n) is 8.79. The quantitative estimate of drug-likeness (QED) is 0.783. The molecule has 0 aromatic heterocycles. The van der Waals surface area contributed by atoms with Crippen molar-refractivity contribution in [3.05, 3.63) is 28.2 Å². The second-order valence-electron chi connectivity index (χ2n) is 3.81. The van der Waals surface area contributed by atoms with Gasteiger partial charge in [-0.15, -0.1) is 0 Å². The highest BCUT2D eigenvalue weighted by Crippen LogP contribution is 2.27. The summed E-state index contributed by atoms with van der Waals surface area (Å²) in [7, 11) is -3.85. The van der Waals surface area contributed by atoms with Gasteiger partial charge in [0.05, 0.1) is 4.47 Å². The molecular weight excluding hydrogens is 316 g/mol. The van der Waals surface area contributed by atoms with E-state index in [0.29, 0.717) is 19.2 Å². The average molecular weight is 326 g/mol. The molecule has 1 saturated heterocycles. The molecule has 0 N–H and O–H groups in total. The lowest BCUT2D eigenvalue weighted by Crippen LogP contribution is -2.28. The Morgan fingerprint density at radius 1 is 1.12 bits per heavy atom. The van der Waals surface area contributed by atoms with Gasteiger partial charge in [-0.3, -0.25) is 0 Å². The van der Waals surface area contributed by atoms with E-state index in [9.17, 15) is 17.2 Å². The summed E-state index contributed by atoms with van der Waals surface area (Å²) >= 11 is 2.86. The van der Waals surface area contributed by atoms with E-state index in [4.69, 9.17) is 0 Å². The van der Waals surface area contributed by atoms with E-state index in [2.05, 4.69) is 15.9 Å². The highest BCUT2D eigenvalue weighted by Gasteiger charge is 2.30. The summed E-state index contributed by atoms with van der Waals surface area (Å²) in [6.45, 7) is 0.771. The van der Waals surface area contributed by atoms with Gasteiger partial charge in [0.1, 0.15) is 16.5 Å². The number of benzene rings is 1. The summed E-state index contributed by atoms with van der Waals surface area (Å²) in [5.74, 6) is -1.87. The van der Waals surface area contributed by atoms with Crippen molar-refractivity contribution >= 4 is 26.0 Å². The minimum Gasteiger partial charge on any atom is -0.207 e. The van der Waals surface area contributed by atoms with Crippen LogP contribution in [0.2, 0.25) is 0 Å². The molecule has 0 bridgehead atoms. The first kappa shape index (κ1) is 12.9. The van der Waals surface area contributed by atoms with Gasteiger partial charge in [-0.05, 0) is 34.8 Å². The lowest BCUT2D eigenvalue weighted by molar-refractivity contribution is 0.468. The maximum Gasteiger partial charge on any atom is 0.246 e. The number of halogens is 3. The molecule has 0 aliphatic carbocycles. The van der Waals surface area contributed by atoms with Gasteiger partial charge in [0.25, 0.3) is 0 Å². The van der Waals surface area contributed by atoms with Crippen LogP contribution in [0.3, 0.4) is 0 Å². The number of hydrogen-bond acceptors (Lipinski definition) is 2. The molecule has 0 radical (unpaired) electrons. The molecule has 1 aromatic carbocycles. The summed E-state index contributed by atoms with van der Waals surface area (Å²) < 4.78 is 51.8. The normalized spacial score (nSPS) is 17.6. The molecule has 0 saturated carbocycles. The molecule has 1 fully saturated rings. The first-order valence-corrected chi connectivity index (χ1v) is 7.31. The Labute approximate surface area is 107 Å². The minimum absolute atomic E-state index is 0.0586. The molecule has 0 atom stereocenters. The van der Waals surface area contributed by atoms with Crippen LogP contribution < -0.4 is 0 Å². The Kier molecular flexibility index (Phi) is 3.51. The van der Waals surface area contributed by atoms with Crippen molar-refractivity contribution < 1.29 is 17.2 Å². The smallest absolute Gasteiger partial charge is 0.207 e. The Bertz CT molecular complexity index is 541. The molecule has 1 aromatic rings. The summed E-state index contributed by atoms with van der Waals surface area (Å²) in [6, 6.07) is 1.55. The summed E-state index contributed by atoms with van der Waals surface area (Å²) in [5.41, 5.74) is 0. The Hall–Kier alpha value is -0.530. The van der Waals surface area contributed by atoms with Crippen molar-refractivity contribution in [2.24, 2.45) is 0 Å². The van der Waals surface area contributed by atoms with E-state index in [1.165, 1.54) is 4.31 Å². The second-order valence-corrected chi connectivity index (χ2v) is 6.57. The number of hydrogen-bond donors (Lipinski definition) is 0. The van der Waals surface area contributed by atoms with Gasteiger partial charge in [-0.25, -0.2) is 17.2 Å². The second kappa shape index (κ2) is 4.62. The van der Waals surface area contributed by atoms with E-state index in [-0.39, 0.29) is 4.47 Å². The van der Waals surface area contributed by atoms with Gasteiger partial charge in [0.2, 0.25) is 10.0 Å². The molecule has 1 heterocycles. The van der Waals surface area contributed by atoms with Gasteiger partial charge >= 0.3 is 0 Å². The first-order valence-electron chi connectivity index (χ1n) is 5.07. The predicted octanol–water partition coefficient (Wildman–Crippen LogP) is 2.51. The van der Waals surface area contributed by atoms with E-state index in [1.807, 2.05) is 0 Å². The standard InChI is InChI=1S/C10H10BrF2NO2S/c11-7-5-10(9(13)6-8(7)12)17(15,16)14-3-1-2-4-14/h5-6H,1-4H2. The van der Waals surface area contributed by atoms with Crippen LogP contribution in [0.25, 0.3) is 0 Å². The molecule has 0 unspecified atom stereocenters. The van der Waals surface area contributed by atoms with Crippen LogP contribution >= 0.6 is 15.9 Å². The van der Waals surface area contributed by atoms with Crippen molar-refractivity contribution in [3.8, 4) is 0 Å². The monoisotopic (exact) mass is 325 g/mol. The average Bonchev–Trinajstić information content (AvgIpc) is 2.77. The van der Waals surface area contributed by atoms with Gasteiger partial charge in [0.15, 0.2) is 0 Å². The van der Waals surface area contributed by atoms with Crippen LogP contribution in [0.4, 0.5) is 8.78 Å². The van der Waals surface area contributed by atoms with E-state index < -0.39 is 26.6 Å². The topological polar surface area (TPSA) is 37.4 Å². The lowest BCUT2D eigenvalue weighted by Gasteiger charge is -2.16. The van der Waals surface area contributed by atoms with E-state index in [0.717, 1.165) is 18.9 Å². The third-order valence-electron chi connectivity index (χ3n) is 2.66. The molecule has 1 aliphatic rings. The zero-order valence-corrected chi connectivity index (χ0v) is 11.2. The largest absolute Gasteiger partial charge is 0.246 e. The van der Waals surface area contributed by atoms with Crippen LogP contribution in [0, 0.1) is 11.6 Å². The summed E-state index contributed by atoms with van der Waals surface area (Å²) in [6.07, 6.45) is 1.53. The summed E-state index contributed by atoms with van der Waals surface area (Å²) in [5, 5.41) is 0. The van der Waals surface area contributed by atoms with Crippen LogP contribution in [0.5, 0.6) is 0 Å². The number of nitrogens with zero attached hydrogens (tertiary/aromatic N) is 1. The molecule has 3 nitrogen and oxygen atoms in total. The fourth-order valence-electron chi connectivity index (χ4n) is 1.77. The van der Waals surface area contributed by atoms with Gasteiger partial charge < -0.3 is 0 Å². The third-order valence-corrected chi connectivity index (χ3v) is 5.18. The number of rotatable bonds is 2. The molecule has 94 valence electrons. The first-order chi connectivity index (χ1) is 7.93. The molecule has 2 rings (SSSR count). The molecular formula is C10H10BrF2NO2S. The zero-order chi connectivity index (χ0) is 12.6. The van der Waals surface area contributed by atoms with Crippen LogP contribution in [0.15, 0.2) is 21.5 Å². The van der Waals surface area contributed by atoms with Crippen LogP contribution in [0.1, 0.15) is 12.8 Å². The van der Waals surface area contributed by atoms with Gasteiger partial charge in [-0.2, -0.15) is 4.31 Å². The SMILES string of the molecule is O=S(=O)(c1cc(Br)c(F)cc1F)N1CCCC1. The molecule has 7 heteroatoms. The maximum atomic E-state index is 13.5. The fourth-order valence-corrected chi connectivity index (χ4v) is 3.85. The highest BCUT2D eigenvalue weighted by atomic mass is 79.9. The van der Waals surface area contributed by atoms with Gasteiger partial charge in [0, 0.05) is 19.2 Å². The summed E-state index contributed by atoms with van der Waals surface area (Å²) in [4.78, 5) is -0.479. The molecule has 17 heavy (non-hydrogen) atoms. The highest BCUT2D eigenvalue weighted by molar-refractivity contribution is 9.10. The fraction of sp³-hybridized carbons (Fsp3) is 0.400. The maximum absolute atomic E-state index is 13.5. The van der Waals surface area contributed by atoms with Crippen molar-refractivity contribution in [2.75, 3.05) is 13.1 Å². The van der Waals surface area contributed by atoms with Crippen LogP contribution in [-0.4, -0.2) is 25.8 Å². The van der Waals surface area contributed by atoms with Gasteiger partial charge in [-0.1, -0.05) is 0 Å². The van der Waals surface area contributed by atoms with E-state index in [1.54, 1.807) is 0 Å². The van der Waals surface area contributed by atoms with Crippen molar-refractivity contribution in [1.29, 1.82) is 0 Å². The molecule has 0 spiro atoms. The van der Waals surface area contributed by atoms with Crippen molar-refractivity contribution in [1.82, 2.24) is 4.31 Å². The Morgan fingerprint density at radius 2 is 1.71 bits per heavy atom. The van der Waals surface area contributed by atoms with E-state index >= 15 is 0 Å². The Balaban J connectivity index is 2.49. The third kappa shape index (κ3) is 2.36. The predicted molar refractivity (Wildman–Crippen MR) is 62.1 cm³/mol. The van der Waals surface area contributed by atoms with Crippen LogP contribution in [-0.2, 0) is 10.0 Å². The molecule has 0 amide bonds. The van der Waals surface area contributed by atoms with Crippen molar-refractivity contribution in [2.45, 2.75) is 17.7 Å².